The topological polar surface area (TPSA) is 50.1 Å². The molecular formula is C14H15NO2. The number of rotatable bonds is 3. The van der Waals surface area contributed by atoms with Crippen LogP contribution in [0.4, 0.5) is 0 Å². The Kier molecular flexibility index (Phi) is 3.14. The molecule has 0 amide bonds. The van der Waals surface area contributed by atoms with Crippen LogP contribution in [-0.2, 0) is 10.2 Å². The molecule has 1 aliphatic rings. The highest BCUT2D eigenvalue weighted by atomic mass is 16.5. The number of hydrogen-bond acceptors (Lipinski definition) is 3. The molecule has 2 rings (SSSR count). The first-order chi connectivity index (χ1) is 8.20. The summed E-state index contributed by atoms with van der Waals surface area (Å²) in [7, 11) is 0. The number of ether oxygens (including phenoxy) is 1. The number of hydrogen-bond donors (Lipinski definition) is 0. The number of carbonyl (C=O) groups excluding carboxylic acids is 1. The lowest BCUT2D eigenvalue weighted by Crippen LogP contribution is -2.32. The van der Waals surface area contributed by atoms with Crippen molar-refractivity contribution in [1.82, 2.24) is 0 Å². The van der Waals surface area contributed by atoms with Crippen LogP contribution in [0.2, 0.25) is 0 Å². The van der Waals surface area contributed by atoms with Crippen molar-refractivity contribution < 1.29 is 9.53 Å². The van der Waals surface area contributed by atoms with E-state index in [4.69, 9.17) is 4.74 Å². The number of esters is 1. The second-order valence-corrected chi connectivity index (χ2v) is 4.40. The molecule has 1 aliphatic carbocycles. The van der Waals surface area contributed by atoms with Crippen LogP contribution in [0.15, 0.2) is 24.3 Å². The van der Waals surface area contributed by atoms with Gasteiger partial charge in [0.05, 0.1) is 11.5 Å². The van der Waals surface area contributed by atoms with E-state index in [-0.39, 0.29) is 11.4 Å². The molecule has 17 heavy (non-hydrogen) atoms. The van der Waals surface area contributed by atoms with Crippen molar-refractivity contribution in [1.29, 1.82) is 5.26 Å². The molecule has 1 fully saturated rings. The molecule has 1 aromatic rings. The van der Waals surface area contributed by atoms with Crippen molar-refractivity contribution in [2.45, 2.75) is 38.0 Å². The number of benzene rings is 1. The molecule has 0 spiro atoms. The average molecular weight is 229 g/mol. The molecule has 0 N–H and O–H groups in total. The fourth-order valence-electron chi connectivity index (χ4n) is 2.04. The Morgan fingerprint density at radius 3 is 2.47 bits per heavy atom. The summed E-state index contributed by atoms with van der Waals surface area (Å²) in [5, 5.41) is 9.21. The van der Waals surface area contributed by atoms with E-state index in [0.717, 1.165) is 24.8 Å². The molecule has 0 radical (unpaired) electrons. The maximum Gasteiger partial charge on any atom is 0.310 e. The van der Waals surface area contributed by atoms with Gasteiger partial charge in [0.25, 0.3) is 0 Å². The second-order valence-electron chi connectivity index (χ2n) is 4.40. The Hall–Kier alpha value is -1.82. The van der Waals surface area contributed by atoms with Crippen LogP contribution < -0.4 is 4.74 Å². The van der Waals surface area contributed by atoms with E-state index < -0.39 is 0 Å². The van der Waals surface area contributed by atoms with Gasteiger partial charge in [-0.05, 0) is 37.0 Å². The third-order valence-electron chi connectivity index (χ3n) is 3.35. The molecular weight excluding hydrogens is 214 g/mol. The van der Waals surface area contributed by atoms with Crippen LogP contribution in [0.25, 0.3) is 0 Å². The summed E-state index contributed by atoms with van der Waals surface area (Å²) >= 11 is 0. The molecule has 3 nitrogen and oxygen atoms in total. The summed E-state index contributed by atoms with van der Waals surface area (Å²) in [4.78, 5) is 11.1. The Morgan fingerprint density at radius 2 is 2.06 bits per heavy atom. The van der Waals surface area contributed by atoms with Crippen LogP contribution in [0.5, 0.6) is 5.75 Å². The predicted octanol–water partition coefficient (Wildman–Crippen LogP) is 2.95. The highest BCUT2D eigenvalue weighted by Crippen LogP contribution is 2.43. The summed E-state index contributed by atoms with van der Waals surface area (Å²) in [5.41, 5.74) is 0.732. The fraction of sp³-hybridized carbons (Fsp3) is 0.429. The molecule has 0 atom stereocenters. The zero-order chi connectivity index (χ0) is 12.3. The maximum atomic E-state index is 11.1. The molecule has 0 unspecified atom stereocenters. The van der Waals surface area contributed by atoms with E-state index in [9.17, 15) is 10.1 Å². The van der Waals surface area contributed by atoms with Gasteiger partial charge in [-0.3, -0.25) is 4.79 Å². The SMILES string of the molecule is CCC(=O)Oc1ccc(C2(C#N)CCC2)cc1. The first kappa shape index (κ1) is 11.7. The molecule has 0 aromatic heterocycles. The second kappa shape index (κ2) is 4.58. The normalized spacial score (nSPS) is 16.7. The van der Waals surface area contributed by atoms with Gasteiger partial charge in [0.2, 0.25) is 0 Å². The lowest BCUT2D eigenvalue weighted by Gasteiger charge is -2.35. The number of carbonyl (C=O) groups is 1. The Balaban J connectivity index is 2.13. The minimum absolute atomic E-state index is 0.239. The van der Waals surface area contributed by atoms with Crippen molar-refractivity contribution in [2.24, 2.45) is 0 Å². The zero-order valence-electron chi connectivity index (χ0n) is 9.90. The van der Waals surface area contributed by atoms with E-state index in [2.05, 4.69) is 6.07 Å². The molecule has 1 saturated carbocycles. The van der Waals surface area contributed by atoms with Crippen molar-refractivity contribution in [3.05, 3.63) is 29.8 Å². The minimum Gasteiger partial charge on any atom is -0.427 e. The van der Waals surface area contributed by atoms with E-state index in [1.54, 1.807) is 19.1 Å². The van der Waals surface area contributed by atoms with Gasteiger partial charge in [0, 0.05) is 6.42 Å². The van der Waals surface area contributed by atoms with E-state index in [1.807, 2.05) is 12.1 Å². The smallest absolute Gasteiger partial charge is 0.310 e. The van der Waals surface area contributed by atoms with Crippen LogP contribution in [-0.4, -0.2) is 5.97 Å². The van der Waals surface area contributed by atoms with Crippen LogP contribution >= 0.6 is 0 Å². The molecule has 0 bridgehead atoms. The van der Waals surface area contributed by atoms with Gasteiger partial charge in [-0.1, -0.05) is 19.1 Å². The Bertz CT molecular complexity index is 452. The summed E-state index contributed by atoms with van der Waals surface area (Å²) in [6.45, 7) is 1.76. The van der Waals surface area contributed by atoms with Gasteiger partial charge in [-0.25, -0.2) is 0 Å². The third-order valence-corrected chi connectivity index (χ3v) is 3.35. The molecule has 0 aliphatic heterocycles. The standard InChI is InChI=1S/C14H15NO2/c1-2-13(16)17-12-6-4-11(5-7-12)14(10-15)8-3-9-14/h4-7H,2-3,8-9H2,1H3. The van der Waals surface area contributed by atoms with Gasteiger partial charge in [-0.2, -0.15) is 5.26 Å². The van der Waals surface area contributed by atoms with Crippen molar-refractivity contribution in [2.75, 3.05) is 0 Å². The monoisotopic (exact) mass is 229 g/mol. The van der Waals surface area contributed by atoms with Crippen molar-refractivity contribution in [3.8, 4) is 11.8 Å². The first-order valence-electron chi connectivity index (χ1n) is 5.93. The molecule has 0 heterocycles. The minimum atomic E-state index is -0.298. The van der Waals surface area contributed by atoms with Gasteiger partial charge >= 0.3 is 5.97 Å². The fourth-order valence-corrected chi connectivity index (χ4v) is 2.04. The maximum absolute atomic E-state index is 11.1. The largest absolute Gasteiger partial charge is 0.427 e. The molecule has 88 valence electrons. The van der Waals surface area contributed by atoms with Crippen LogP contribution in [0, 0.1) is 11.3 Å². The molecule has 1 aromatic carbocycles. The average Bonchev–Trinajstić information content (AvgIpc) is 2.30. The highest BCUT2D eigenvalue weighted by Gasteiger charge is 2.38. The summed E-state index contributed by atoms with van der Waals surface area (Å²) < 4.78 is 5.09. The van der Waals surface area contributed by atoms with E-state index in [1.165, 1.54) is 0 Å². The number of nitrogens with zero attached hydrogens (tertiary/aromatic N) is 1. The summed E-state index contributed by atoms with van der Waals surface area (Å²) in [5.74, 6) is 0.310. The molecule has 3 heteroatoms. The van der Waals surface area contributed by atoms with E-state index in [0.29, 0.717) is 12.2 Å². The van der Waals surface area contributed by atoms with Crippen LogP contribution in [0.1, 0.15) is 38.2 Å². The van der Waals surface area contributed by atoms with E-state index >= 15 is 0 Å². The lowest BCUT2D eigenvalue weighted by molar-refractivity contribution is -0.134. The highest BCUT2D eigenvalue weighted by molar-refractivity contribution is 5.71. The van der Waals surface area contributed by atoms with Crippen molar-refractivity contribution in [3.63, 3.8) is 0 Å². The van der Waals surface area contributed by atoms with Crippen molar-refractivity contribution >= 4 is 5.97 Å². The van der Waals surface area contributed by atoms with Gasteiger partial charge in [-0.15, -0.1) is 0 Å². The Labute approximate surface area is 101 Å². The number of nitriles is 1. The quantitative estimate of drug-likeness (QED) is 0.591. The molecule has 0 saturated heterocycles. The first-order valence-corrected chi connectivity index (χ1v) is 5.93. The van der Waals surface area contributed by atoms with Gasteiger partial charge < -0.3 is 4.74 Å². The van der Waals surface area contributed by atoms with Gasteiger partial charge in [0.1, 0.15) is 5.75 Å². The summed E-state index contributed by atoms with van der Waals surface area (Å²) in [6.07, 6.45) is 3.33. The predicted molar refractivity (Wildman–Crippen MR) is 63.5 cm³/mol. The Morgan fingerprint density at radius 1 is 1.41 bits per heavy atom. The van der Waals surface area contributed by atoms with Gasteiger partial charge in [0.15, 0.2) is 0 Å². The third kappa shape index (κ3) is 2.16. The van der Waals surface area contributed by atoms with Crippen LogP contribution in [0.3, 0.4) is 0 Å². The summed E-state index contributed by atoms with van der Waals surface area (Å²) in [6, 6.07) is 9.70. The lowest BCUT2D eigenvalue weighted by atomic mass is 9.65. The zero-order valence-corrected chi connectivity index (χ0v) is 9.90.